The molecule has 0 radical (unpaired) electrons. The fourth-order valence-electron chi connectivity index (χ4n) is 3.92. The van der Waals surface area contributed by atoms with Gasteiger partial charge in [0, 0.05) is 39.3 Å². The van der Waals surface area contributed by atoms with Crippen molar-refractivity contribution >= 4 is 38.3 Å². The molecule has 2 aromatic carbocycles. The second kappa shape index (κ2) is 7.05. The molecule has 0 atom stereocenters. The maximum atomic E-state index is 14.0. The molecule has 1 amide bonds. The van der Waals surface area contributed by atoms with Crippen molar-refractivity contribution in [2.45, 2.75) is 0 Å². The van der Waals surface area contributed by atoms with Gasteiger partial charge in [0.05, 0.1) is 21.8 Å². The quantitative estimate of drug-likeness (QED) is 0.682. The van der Waals surface area contributed by atoms with Crippen molar-refractivity contribution < 1.29 is 9.18 Å². The van der Waals surface area contributed by atoms with E-state index in [1.165, 1.54) is 10.8 Å². The van der Waals surface area contributed by atoms with Crippen molar-refractivity contribution in [3.63, 3.8) is 0 Å². The summed E-state index contributed by atoms with van der Waals surface area (Å²) in [7, 11) is 0. The lowest BCUT2D eigenvalue weighted by molar-refractivity contribution is -0.136. The van der Waals surface area contributed by atoms with Crippen LogP contribution >= 0.6 is 11.3 Å². The Morgan fingerprint density at radius 1 is 0.964 bits per heavy atom. The van der Waals surface area contributed by atoms with Gasteiger partial charge in [-0.1, -0.05) is 35.6 Å². The van der Waals surface area contributed by atoms with Gasteiger partial charge in [-0.15, -0.1) is 0 Å². The summed E-state index contributed by atoms with van der Waals surface area (Å²) in [6.45, 7) is 4.08. The van der Waals surface area contributed by atoms with Gasteiger partial charge in [-0.3, -0.25) is 4.79 Å². The lowest BCUT2D eigenvalue weighted by atomic mass is 9.99. The summed E-state index contributed by atoms with van der Waals surface area (Å²) in [5, 5.41) is 0.995. The fourth-order valence-corrected chi connectivity index (χ4v) is 4.90. The number of hydrogen-bond donors (Lipinski definition) is 0. The van der Waals surface area contributed by atoms with E-state index in [0.717, 1.165) is 23.7 Å². The highest BCUT2D eigenvalue weighted by Crippen LogP contribution is 2.33. The Balaban J connectivity index is 1.17. The second-order valence-electron chi connectivity index (χ2n) is 7.33. The predicted octanol–water partition coefficient (Wildman–Crippen LogP) is 3.22. The molecule has 2 aliphatic heterocycles. The first kappa shape index (κ1) is 17.4. The number of hydrogen-bond acceptors (Lipinski definition) is 5. The number of benzene rings is 2. The first-order valence-corrected chi connectivity index (χ1v) is 10.4. The summed E-state index contributed by atoms with van der Waals surface area (Å²) in [5.41, 5.74) is 1.64. The van der Waals surface area contributed by atoms with Crippen LogP contribution in [-0.4, -0.2) is 55.1 Å². The van der Waals surface area contributed by atoms with E-state index in [9.17, 15) is 9.18 Å². The van der Waals surface area contributed by atoms with Crippen LogP contribution in [0, 0.1) is 11.7 Å². The zero-order valence-corrected chi connectivity index (χ0v) is 16.2. The van der Waals surface area contributed by atoms with Gasteiger partial charge >= 0.3 is 0 Å². The van der Waals surface area contributed by atoms with E-state index < -0.39 is 0 Å². The standard InChI is InChI=1S/C21H21FN4OS/c22-16-5-1-3-7-18(16)24-9-11-25(12-10-24)20(27)15-13-26(14-15)21-23-17-6-2-4-8-19(17)28-21/h1-8,15H,9-14H2. The minimum absolute atomic E-state index is 0.0343. The molecule has 5 rings (SSSR count). The SMILES string of the molecule is O=C(C1CN(c2nc3ccccc3s2)C1)N1CCN(c2ccccc2F)CC1. The summed E-state index contributed by atoms with van der Waals surface area (Å²) in [6, 6.07) is 14.9. The number of amides is 1. The molecule has 2 aliphatic rings. The van der Waals surface area contributed by atoms with E-state index in [2.05, 4.69) is 16.0 Å². The number of thiazole rings is 1. The van der Waals surface area contributed by atoms with Crippen LogP contribution < -0.4 is 9.80 Å². The Labute approximate surface area is 167 Å². The normalized spacial score (nSPS) is 17.8. The van der Waals surface area contributed by atoms with E-state index in [0.29, 0.717) is 31.9 Å². The number of nitrogens with zero attached hydrogens (tertiary/aromatic N) is 4. The molecular formula is C21H21FN4OS. The molecule has 2 saturated heterocycles. The van der Waals surface area contributed by atoms with Crippen LogP contribution in [0.25, 0.3) is 10.2 Å². The Morgan fingerprint density at radius 2 is 1.68 bits per heavy atom. The lowest BCUT2D eigenvalue weighted by Gasteiger charge is -2.43. The van der Waals surface area contributed by atoms with E-state index in [1.807, 2.05) is 34.1 Å². The number of piperazine rings is 1. The molecule has 3 heterocycles. The van der Waals surface area contributed by atoms with Crippen molar-refractivity contribution in [3.05, 3.63) is 54.3 Å². The fraction of sp³-hybridized carbons (Fsp3) is 0.333. The smallest absolute Gasteiger partial charge is 0.229 e. The third kappa shape index (κ3) is 3.09. The molecule has 28 heavy (non-hydrogen) atoms. The number of carbonyl (C=O) groups excluding carboxylic acids is 1. The zero-order chi connectivity index (χ0) is 19.1. The Bertz CT molecular complexity index is 975. The highest BCUT2D eigenvalue weighted by atomic mass is 32.1. The van der Waals surface area contributed by atoms with Gasteiger partial charge in [-0.25, -0.2) is 9.37 Å². The molecule has 0 N–H and O–H groups in total. The predicted molar refractivity (Wildman–Crippen MR) is 111 cm³/mol. The molecule has 3 aromatic rings. The first-order chi connectivity index (χ1) is 13.7. The minimum atomic E-state index is -0.201. The van der Waals surface area contributed by atoms with Gasteiger partial charge < -0.3 is 14.7 Å². The van der Waals surface area contributed by atoms with Crippen molar-refractivity contribution in [3.8, 4) is 0 Å². The molecule has 1 aromatic heterocycles. The number of carbonyl (C=O) groups is 1. The molecule has 0 bridgehead atoms. The largest absolute Gasteiger partial charge is 0.366 e. The molecular weight excluding hydrogens is 375 g/mol. The molecule has 5 nitrogen and oxygen atoms in total. The van der Waals surface area contributed by atoms with Gasteiger partial charge in [0.1, 0.15) is 5.82 Å². The molecule has 144 valence electrons. The number of rotatable bonds is 3. The van der Waals surface area contributed by atoms with E-state index in [1.54, 1.807) is 23.5 Å². The van der Waals surface area contributed by atoms with Crippen LogP contribution in [0.3, 0.4) is 0 Å². The van der Waals surface area contributed by atoms with Gasteiger partial charge in [0.25, 0.3) is 0 Å². The number of aromatic nitrogens is 1. The first-order valence-electron chi connectivity index (χ1n) is 9.58. The van der Waals surface area contributed by atoms with E-state index >= 15 is 0 Å². The molecule has 0 spiro atoms. The van der Waals surface area contributed by atoms with Gasteiger partial charge in [0.15, 0.2) is 5.13 Å². The van der Waals surface area contributed by atoms with Gasteiger partial charge in [0.2, 0.25) is 5.91 Å². The van der Waals surface area contributed by atoms with Crippen molar-refractivity contribution in [1.29, 1.82) is 0 Å². The van der Waals surface area contributed by atoms with Crippen LogP contribution in [0.15, 0.2) is 48.5 Å². The molecule has 7 heteroatoms. The summed E-state index contributed by atoms with van der Waals surface area (Å²) < 4.78 is 15.1. The second-order valence-corrected chi connectivity index (χ2v) is 8.34. The maximum absolute atomic E-state index is 14.0. The number of anilines is 2. The highest BCUT2D eigenvalue weighted by Gasteiger charge is 2.37. The van der Waals surface area contributed by atoms with Crippen molar-refractivity contribution in [2.75, 3.05) is 49.1 Å². The van der Waals surface area contributed by atoms with E-state index in [4.69, 9.17) is 0 Å². The third-order valence-electron chi connectivity index (χ3n) is 5.57. The lowest BCUT2D eigenvalue weighted by Crippen LogP contribution is -2.58. The van der Waals surface area contributed by atoms with Crippen LogP contribution in [0.4, 0.5) is 15.2 Å². The number of halogens is 1. The average Bonchev–Trinajstić information content (AvgIpc) is 3.11. The molecule has 0 unspecified atom stereocenters. The van der Waals surface area contributed by atoms with Gasteiger partial charge in [-0.2, -0.15) is 0 Å². The van der Waals surface area contributed by atoms with Crippen molar-refractivity contribution in [1.82, 2.24) is 9.88 Å². The van der Waals surface area contributed by atoms with Crippen LogP contribution in [0.5, 0.6) is 0 Å². The summed E-state index contributed by atoms with van der Waals surface area (Å²) in [5.74, 6) is 0.0466. The Kier molecular flexibility index (Phi) is 4.39. The average molecular weight is 396 g/mol. The number of fused-ring (bicyclic) bond motifs is 1. The minimum Gasteiger partial charge on any atom is -0.366 e. The summed E-state index contributed by atoms with van der Waals surface area (Å²) >= 11 is 1.68. The third-order valence-corrected chi connectivity index (χ3v) is 6.67. The van der Waals surface area contributed by atoms with Crippen LogP contribution in [0.2, 0.25) is 0 Å². The molecule has 0 aliphatic carbocycles. The van der Waals surface area contributed by atoms with Gasteiger partial charge in [-0.05, 0) is 24.3 Å². The number of para-hydroxylation sites is 2. The zero-order valence-electron chi connectivity index (χ0n) is 15.4. The van der Waals surface area contributed by atoms with Crippen molar-refractivity contribution in [2.24, 2.45) is 5.92 Å². The Morgan fingerprint density at radius 3 is 2.43 bits per heavy atom. The van der Waals surface area contributed by atoms with Crippen LogP contribution in [0.1, 0.15) is 0 Å². The summed E-state index contributed by atoms with van der Waals surface area (Å²) in [6.07, 6.45) is 0. The summed E-state index contributed by atoms with van der Waals surface area (Å²) in [4.78, 5) is 23.6. The topological polar surface area (TPSA) is 39.7 Å². The van der Waals surface area contributed by atoms with E-state index in [-0.39, 0.29) is 17.6 Å². The molecule has 0 saturated carbocycles. The monoisotopic (exact) mass is 396 g/mol. The molecule has 2 fully saturated rings. The van der Waals surface area contributed by atoms with Crippen LogP contribution in [-0.2, 0) is 4.79 Å². The highest BCUT2D eigenvalue weighted by molar-refractivity contribution is 7.22. The Hall–Kier alpha value is -2.67. The maximum Gasteiger partial charge on any atom is 0.229 e.